The van der Waals surface area contributed by atoms with Gasteiger partial charge in [0.1, 0.15) is 5.78 Å². The SMILES string of the molecule is O=C(NCCCC(=O)C1CCC(C(=O)N2CCCC2)CC1)c1cn(-c2ccccc2)nc1C(F)(F)F. The molecule has 1 aromatic heterocycles. The van der Waals surface area contributed by atoms with E-state index >= 15 is 0 Å². The van der Waals surface area contributed by atoms with Crippen LogP contribution in [0.15, 0.2) is 36.5 Å². The van der Waals surface area contributed by atoms with Crippen LogP contribution in [0, 0.1) is 11.8 Å². The summed E-state index contributed by atoms with van der Waals surface area (Å²) in [6.07, 6.45) is 1.79. The van der Waals surface area contributed by atoms with E-state index in [2.05, 4.69) is 10.4 Å². The van der Waals surface area contributed by atoms with E-state index in [9.17, 15) is 27.6 Å². The van der Waals surface area contributed by atoms with Crippen LogP contribution < -0.4 is 5.32 Å². The molecule has 0 bridgehead atoms. The first-order valence-corrected chi connectivity index (χ1v) is 12.6. The summed E-state index contributed by atoms with van der Waals surface area (Å²) >= 11 is 0. The van der Waals surface area contributed by atoms with Gasteiger partial charge in [-0.2, -0.15) is 18.3 Å². The monoisotopic (exact) mass is 504 g/mol. The number of likely N-dealkylation sites (tertiary alicyclic amines) is 1. The Morgan fingerprint density at radius 1 is 0.972 bits per heavy atom. The zero-order valence-electron chi connectivity index (χ0n) is 20.1. The van der Waals surface area contributed by atoms with Gasteiger partial charge < -0.3 is 10.2 Å². The Hall–Kier alpha value is -3.17. The van der Waals surface area contributed by atoms with Crippen LogP contribution in [0.1, 0.15) is 67.4 Å². The number of hydrogen-bond acceptors (Lipinski definition) is 4. The van der Waals surface area contributed by atoms with Crippen molar-refractivity contribution >= 4 is 17.6 Å². The molecule has 1 aliphatic carbocycles. The second kappa shape index (κ2) is 11.3. The second-order valence-electron chi connectivity index (χ2n) is 9.58. The van der Waals surface area contributed by atoms with Gasteiger partial charge in [-0.1, -0.05) is 18.2 Å². The zero-order chi connectivity index (χ0) is 25.7. The molecule has 10 heteroatoms. The predicted molar refractivity (Wildman–Crippen MR) is 126 cm³/mol. The predicted octanol–water partition coefficient (Wildman–Crippen LogP) is 4.40. The van der Waals surface area contributed by atoms with Crippen molar-refractivity contribution in [2.75, 3.05) is 19.6 Å². The maximum absolute atomic E-state index is 13.5. The average molecular weight is 505 g/mol. The van der Waals surface area contributed by atoms with Crippen LogP contribution in [0.3, 0.4) is 0 Å². The normalized spacial score (nSPS) is 20.4. The Morgan fingerprint density at radius 2 is 1.61 bits per heavy atom. The molecule has 0 spiro atoms. The lowest BCUT2D eigenvalue weighted by molar-refractivity contribution is -0.141. The highest BCUT2D eigenvalue weighted by Gasteiger charge is 2.39. The Labute approximate surface area is 208 Å². The average Bonchev–Trinajstić information content (AvgIpc) is 3.57. The van der Waals surface area contributed by atoms with Crippen LogP contribution in [0.5, 0.6) is 0 Å². The maximum Gasteiger partial charge on any atom is 0.435 e. The molecule has 2 aliphatic rings. The number of ketones is 1. The number of carbonyl (C=O) groups is 3. The van der Waals surface area contributed by atoms with Crippen LogP contribution in [0.25, 0.3) is 5.69 Å². The van der Waals surface area contributed by atoms with Gasteiger partial charge in [0.05, 0.1) is 11.3 Å². The molecule has 2 fully saturated rings. The molecule has 1 N–H and O–H groups in total. The van der Waals surface area contributed by atoms with Crippen LogP contribution in [0.2, 0.25) is 0 Å². The largest absolute Gasteiger partial charge is 0.435 e. The van der Waals surface area contributed by atoms with Gasteiger partial charge in [0.25, 0.3) is 5.91 Å². The summed E-state index contributed by atoms with van der Waals surface area (Å²) in [5, 5.41) is 6.08. The number of alkyl halides is 3. The Bertz CT molecular complexity index is 1070. The molecule has 1 aromatic carbocycles. The van der Waals surface area contributed by atoms with Crippen molar-refractivity contribution in [3.63, 3.8) is 0 Å². The summed E-state index contributed by atoms with van der Waals surface area (Å²) in [5.41, 5.74) is -1.40. The summed E-state index contributed by atoms with van der Waals surface area (Å²) in [4.78, 5) is 39.6. The van der Waals surface area contributed by atoms with Crippen molar-refractivity contribution < 1.29 is 27.6 Å². The van der Waals surface area contributed by atoms with Crippen molar-refractivity contribution in [2.24, 2.45) is 11.8 Å². The van der Waals surface area contributed by atoms with Gasteiger partial charge in [0.2, 0.25) is 5.91 Å². The number of para-hydroxylation sites is 1. The van der Waals surface area contributed by atoms with Crippen molar-refractivity contribution in [3.05, 3.63) is 47.8 Å². The first kappa shape index (κ1) is 25.9. The number of hydrogen-bond donors (Lipinski definition) is 1. The first-order chi connectivity index (χ1) is 17.2. The quantitative estimate of drug-likeness (QED) is 0.540. The van der Waals surface area contributed by atoms with Crippen molar-refractivity contribution in [1.29, 1.82) is 0 Å². The van der Waals surface area contributed by atoms with Gasteiger partial charge in [0.15, 0.2) is 5.69 Å². The minimum absolute atomic E-state index is 0.00562. The van der Waals surface area contributed by atoms with Crippen LogP contribution in [-0.2, 0) is 15.8 Å². The lowest BCUT2D eigenvalue weighted by Gasteiger charge is -2.29. The Kier molecular flexibility index (Phi) is 8.11. The van der Waals surface area contributed by atoms with Crippen LogP contribution in [-0.4, -0.2) is 51.9 Å². The third kappa shape index (κ3) is 6.14. The molecule has 0 atom stereocenters. The summed E-state index contributed by atoms with van der Waals surface area (Å²) in [6.45, 7) is 1.75. The van der Waals surface area contributed by atoms with E-state index in [1.807, 2.05) is 4.90 Å². The molecule has 7 nitrogen and oxygen atoms in total. The highest BCUT2D eigenvalue weighted by Crippen LogP contribution is 2.33. The zero-order valence-corrected chi connectivity index (χ0v) is 20.1. The highest BCUT2D eigenvalue weighted by molar-refractivity contribution is 5.95. The van der Waals surface area contributed by atoms with Gasteiger partial charge in [-0.15, -0.1) is 0 Å². The number of halogens is 3. The smallest absolute Gasteiger partial charge is 0.352 e. The standard InChI is InChI=1S/C26H31F3N4O3/c27-26(28,29)23-21(17-33(31-23)20-7-2-1-3-8-20)24(35)30-14-6-9-22(34)18-10-12-19(13-11-18)25(36)32-15-4-5-16-32/h1-3,7-8,17-19H,4-6,9-16H2,(H,30,35). The highest BCUT2D eigenvalue weighted by atomic mass is 19.4. The summed E-state index contributed by atoms with van der Waals surface area (Å²) in [7, 11) is 0. The van der Waals surface area contributed by atoms with Crippen LogP contribution >= 0.6 is 0 Å². The molecular weight excluding hydrogens is 473 g/mol. The number of carbonyl (C=O) groups excluding carboxylic acids is 3. The van der Waals surface area contributed by atoms with E-state index in [1.54, 1.807) is 30.3 Å². The lowest BCUT2D eigenvalue weighted by atomic mass is 9.78. The number of rotatable bonds is 8. The number of benzene rings is 1. The number of Topliss-reactive ketones (excluding diaryl/α,β-unsaturated/α-hetero) is 1. The van der Waals surface area contributed by atoms with Gasteiger partial charge >= 0.3 is 6.18 Å². The maximum atomic E-state index is 13.5. The van der Waals surface area contributed by atoms with Gasteiger partial charge in [-0.05, 0) is 57.1 Å². The minimum Gasteiger partial charge on any atom is -0.352 e. The molecule has 2 amide bonds. The fourth-order valence-electron chi connectivity index (χ4n) is 5.08. The van der Waals surface area contributed by atoms with E-state index in [0.717, 1.165) is 36.8 Å². The molecule has 36 heavy (non-hydrogen) atoms. The second-order valence-corrected chi connectivity index (χ2v) is 9.58. The van der Waals surface area contributed by atoms with E-state index in [4.69, 9.17) is 0 Å². The summed E-state index contributed by atoms with van der Waals surface area (Å²) in [6, 6.07) is 8.25. The molecule has 2 aromatic rings. The Morgan fingerprint density at radius 3 is 2.25 bits per heavy atom. The number of aromatic nitrogens is 2. The van der Waals surface area contributed by atoms with Gasteiger partial charge in [0, 0.05) is 44.1 Å². The number of nitrogens with one attached hydrogen (secondary N) is 1. The van der Waals surface area contributed by atoms with Crippen molar-refractivity contribution in [2.45, 2.75) is 57.5 Å². The van der Waals surface area contributed by atoms with E-state index in [-0.39, 0.29) is 36.5 Å². The first-order valence-electron chi connectivity index (χ1n) is 12.6. The molecule has 0 radical (unpaired) electrons. The molecule has 1 saturated carbocycles. The molecule has 0 unspecified atom stereocenters. The minimum atomic E-state index is -4.78. The lowest BCUT2D eigenvalue weighted by Crippen LogP contribution is -2.36. The topological polar surface area (TPSA) is 84.3 Å². The van der Waals surface area contributed by atoms with E-state index in [0.29, 0.717) is 37.8 Å². The number of nitrogens with zero attached hydrogens (tertiary/aromatic N) is 3. The molecular formula is C26H31F3N4O3. The molecule has 1 aliphatic heterocycles. The number of amides is 2. The van der Waals surface area contributed by atoms with Crippen molar-refractivity contribution in [3.8, 4) is 5.69 Å². The fourth-order valence-corrected chi connectivity index (χ4v) is 5.08. The molecule has 2 heterocycles. The summed E-state index contributed by atoms with van der Waals surface area (Å²) < 4.78 is 41.5. The molecule has 4 rings (SSSR count). The van der Waals surface area contributed by atoms with Crippen molar-refractivity contribution in [1.82, 2.24) is 20.0 Å². The third-order valence-electron chi connectivity index (χ3n) is 7.08. The Balaban J connectivity index is 1.24. The van der Waals surface area contributed by atoms with E-state index < -0.39 is 23.3 Å². The van der Waals surface area contributed by atoms with Gasteiger partial charge in [-0.3, -0.25) is 14.4 Å². The van der Waals surface area contributed by atoms with Gasteiger partial charge in [-0.25, -0.2) is 4.68 Å². The fraction of sp³-hybridized carbons (Fsp3) is 0.538. The van der Waals surface area contributed by atoms with Crippen LogP contribution in [0.4, 0.5) is 13.2 Å². The molecule has 1 saturated heterocycles. The van der Waals surface area contributed by atoms with E-state index in [1.165, 1.54) is 0 Å². The molecule has 194 valence electrons. The summed E-state index contributed by atoms with van der Waals surface area (Å²) in [5.74, 6) is -0.660. The third-order valence-corrected chi connectivity index (χ3v) is 7.08.